The zero-order valence-corrected chi connectivity index (χ0v) is 14.3. The van der Waals surface area contributed by atoms with Crippen LogP contribution in [0, 0.1) is 0 Å². The molecule has 120 valence electrons. The van der Waals surface area contributed by atoms with Crippen molar-refractivity contribution in [2.45, 2.75) is 90.0 Å². The third kappa shape index (κ3) is 9.93. The van der Waals surface area contributed by atoms with Crippen LogP contribution >= 0.6 is 0 Å². The van der Waals surface area contributed by atoms with Crippen molar-refractivity contribution in [1.29, 1.82) is 0 Å². The maximum absolute atomic E-state index is 11.3. The first-order valence-corrected chi connectivity index (χ1v) is 10.4. The molecule has 0 bridgehead atoms. The van der Waals surface area contributed by atoms with E-state index < -0.39 is 10.8 Å². The maximum atomic E-state index is 11.3. The molecule has 2 nitrogen and oxygen atoms in total. The van der Waals surface area contributed by atoms with Gasteiger partial charge in [0.2, 0.25) is 0 Å². The van der Waals surface area contributed by atoms with Crippen LogP contribution in [-0.4, -0.2) is 28.3 Å². The molecule has 0 aliphatic carbocycles. The van der Waals surface area contributed by atoms with E-state index in [1.54, 1.807) is 0 Å². The van der Waals surface area contributed by atoms with E-state index in [9.17, 15) is 4.21 Å². The minimum Gasteiger partial charge on any atom is -0.314 e. The van der Waals surface area contributed by atoms with Gasteiger partial charge in [-0.25, -0.2) is 0 Å². The lowest BCUT2D eigenvalue weighted by molar-refractivity contribution is 0.460. The molecule has 1 heterocycles. The molecule has 0 unspecified atom stereocenters. The Kier molecular flexibility index (Phi) is 11.6. The molecular formula is C17H35NOS. The molecule has 0 amide bonds. The number of unbranched alkanes of at least 4 members (excludes halogenated alkanes) is 9. The van der Waals surface area contributed by atoms with Gasteiger partial charge in [-0.15, -0.1) is 0 Å². The molecule has 1 fully saturated rings. The molecule has 0 aromatic rings. The van der Waals surface area contributed by atoms with Crippen LogP contribution in [0.4, 0.5) is 0 Å². The quantitative estimate of drug-likeness (QED) is 0.541. The summed E-state index contributed by atoms with van der Waals surface area (Å²) in [6.45, 7) is 3.44. The van der Waals surface area contributed by atoms with Crippen LogP contribution in [-0.2, 0) is 10.8 Å². The Hall–Kier alpha value is 0.110. The number of hydrogen-bond acceptors (Lipinski definition) is 2. The summed E-state index contributed by atoms with van der Waals surface area (Å²) in [6, 6.07) is 0.645. The Morgan fingerprint density at radius 2 is 1.35 bits per heavy atom. The summed E-state index contributed by atoms with van der Waals surface area (Å²) in [7, 11) is -0.517. The molecule has 0 spiro atoms. The van der Waals surface area contributed by atoms with Crippen molar-refractivity contribution >= 4 is 10.8 Å². The Balaban J connectivity index is 1.75. The monoisotopic (exact) mass is 301 g/mol. The topological polar surface area (TPSA) is 29.1 Å². The SMILES string of the molecule is CCCCCCCCCCCCNC1CCS(=O)CC1. The lowest BCUT2D eigenvalue weighted by atomic mass is 10.1. The highest BCUT2D eigenvalue weighted by Crippen LogP contribution is 2.11. The van der Waals surface area contributed by atoms with Crippen molar-refractivity contribution < 1.29 is 4.21 Å². The van der Waals surface area contributed by atoms with Crippen LogP contribution in [0.15, 0.2) is 0 Å². The van der Waals surface area contributed by atoms with Gasteiger partial charge in [0.15, 0.2) is 0 Å². The average molecular weight is 302 g/mol. The van der Waals surface area contributed by atoms with Gasteiger partial charge in [-0.2, -0.15) is 0 Å². The molecule has 0 radical (unpaired) electrons. The number of rotatable bonds is 12. The fourth-order valence-corrected chi connectivity index (χ4v) is 4.22. The van der Waals surface area contributed by atoms with E-state index in [1.165, 1.54) is 64.2 Å². The number of hydrogen-bond donors (Lipinski definition) is 1. The summed E-state index contributed by atoms with van der Waals surface area (Å²) >= 11 is 0. The third-order valence-corrected chi connectivity index (χ3v) is 5.73. The van der Waals surface area contributed by atoms with E-state index in [-0.39, 0.29) is 0 Å². The van der Waals surface area contributed by atoms with Crippen LogP contribution in [0.2, 0.25) is 0 Å². The minimum atomic E-state index is -0.517. The lowest BCUT2D eigenvalue weighted by Gasteiger charge is -2.22. The van der Waals surface area contributed by atoms with Crippen molar-refractivity contribution in [1.82, 2.24) is 5.32 Å². The molecule has 20 heavy (non-hydrogen) atoms. The molecule has 1 rings (SSSR count). The summed E-state index contributed by atoms with van der Waals surface area (Å²) in [6.07, 6.45) is 16.3. The van der Waals surface area contributed by atoms with Gasteiger partial charge in [-0.3, -0.25) is 4.21 Å². The molecule has 1 saturated heterocycles. The first kappa shape index (κ1) is 18.2. The van der Waals surface area contributed by atoms with E-state index in [1.807, 2.05) is 0 Å². The summed E-state index contributed by atoms with van der Waals surface area (Å²) < 4.78 is 11.3. The van der Waals surface area contributed by atoms with Crippen molar-refractivity contribution in [3.63, 3.8) is 0 Å². The van der Waals surface area contributed by atoms with Gasteiger partial charge in [-0.05, 0) is 25.8 Å². The predicted molar refractivity (Wildman–Crippen MR) is 90.7 cm³/mol. The summed E-state index contributed by atoms with van der Waals surface area (Å²) in [5.74, 6) is 1.82. The van der Waals surface area contributed by atoms with Crippen LogP contribution < -0.4 is 5.32 Å². The second kappa shape index (κ2) is 12.8. The van der Waals surface area contributed by atoms with Crippen LogP contribution in [0.3, 0.4) is 0 Å². The average Bonchev–Trinajstić information content (AvgIpc) is 2.47. The highest BCUT2D eigenvalue weighted by Gasteiger charge is 2.16. The number of nitrogens with one attached hydrogen (secondary N) is 1. The van der Waals surface area contributed by atoms with Gasteiger partial charge in [0.1, 0.15) is 0 Å². The zero-order chi connectivity index (χ0) is 14.5. The predicted octanol–water partition coefficient (Wildman–Crippen LogP) is 4.41. The Morgan fingerprint density at radius 1 is 0.850 bits per heavy atom. The van der Waals surface area contributed by atoms with Crippen molar-refractivity contribution in [2.24, 2.45) is 0 Å². The maximum Gasteiger partial charge on any atom is 0.0249 e. The largest absolute Gasteiger partial charge is 0.314 e. The normalized spacial score (nSPS) is 23.1. The molecule has 1 aliphatic heterocycles. The molecule has 1 aliphatic rings. The Labute approximate surface area is 128 Å². The first-order valence-electron chi connectivity index (χ1n) is 8.91. The molecular weight excluding hydrogens is 266 g/mol. The molecule has 0 saturated carbocycles. The van der Waals surface area contributed by atoms with Gasteiger partial charge in [-0.1, -0.05) is 64.7 Å². The van der Waals surface area contributed by atoms with Gasteiger partial charge in [0, 0.05) is 28.3 Å². The Bertz CT molecular complexity index is 235. The molecule has 0 atom stereocenters. The molecule has 0 aromatic carbocycles. The summed E-state index contributed by atoms with van der Waals surface area (Å²) in [4.78, 5) is 0. The standard InChI is InChI=1S/C17H35NOS/c1-2-3-4-5-6-7-8-9-10-11-14-18-17-12-15-20(19)16-13-17/h17-18H,2-16H2,1H3. The second-order valence-electron chi connectivity index (χ2n) is 6.26. The molecule has 3 heteroatoms. The third-order valence-electron chi connectivity index (χ3n) is 4.35. The Morgan fingerprint density at radius 3 is 1.90 bits per heavy atom. The van der Waals surface area contributed by atoms with Gasteiger partial charge in [0.25, 0.3) is 0 Å². The second-order valence-corrected chi connectivity index (χ2v) is 7.95. The summed E-state index contributed by atoms with van der Waals surface area (Å²) in [5.41, 5.74) is 0. The first-order chi connectivity index (χ1) is 9.83. The summed E-state index contributed by atoms with van der Waals surface area (Å²) in [5, 5.41) is 3.63. The van der Waals surface area contributed by atoms with E-state index in [0.717, 1.165) is 30.9 Å². The van der Waals surface area contributed by atoms with Gasteiger partial charge in [0.05, 0.1) is 0 Å². The van der Waals surface area contributed by atoms with Gasteiger partial charge < -0.3 is 5.32 Å². The van der Waals surface area contributed by atoms with Gasteiger partial charge >= 0.3 is 0 Å². The van der Waals surface area contributed by atoms with E-state index >= 15 is 0 Å². The zero-order valence-electron chi connectivity index (χ0n) is 13.5. The fraction of sp³-hybridized carbons (Fsp3) is 1.00. The van der Waals surface area contributed by atoms with E-state index in [0.29, 0.717) is 6.04 Å². The smallest absolute Gasteiger partial charge is 0.0249 e. The lowest BCUT2D eigenvalue weighted by Crippen LogP contribution is -2.36. The van der Waals surface area contributed by atoms with Crippen molar-refractivity contribution in [3.8, 4) is 0 Å². The van der Waals surface area contributed by atoms with Crippen LogP contribution in [0.1, 0.15) is 84.0 Å². The van der Waals surface area contributed by atoms with E-state index in [4.69, 9.17) is 0 Å². The molecule has 1 N–H and O–H groups in total. The fourth-order valence-electron chi connectivity index (χ4n) is 2.92. The molecule has 0 aromatic heterocycles. The van der Waals surface area contributed by atoms with Crippen molar-refractivity contribution in [2.75, 3.05) is 18.1 Å². The van der Waals surface area contributed by atoms with Crippen molar-refractivity contribution in [3.05, 3.63) is 0 Å². The van der Waals surface area contributed by atoms with Crippen LogP contribution in [0.25, 0.3) is 0 Å². The van der Waals surface area contributed by atoms with E-state index in [2.05, 4.69) is 12.2 Å². The highest BCUT2D eigenvalue weighted by molar-refractivity contribution is 7.85. The minimum absolute atomic E-state index is 0.517. The highest BCUT2D eigenvalue weighted by atomic mass is 32.2. The van der Waals surface area contributed by atoms with Crippen LogP contribution in [0.5, 0.6) is 0 Å².